The number of hydrogen-bond donors (Lipinski definition) is 3. The zero-order valence-corrected chi connectivity index (χ0v) is 21.0. The summed E-state index contributed by atoms with van der Waals surface area (Å²) >= 11 is 0. The summed E-state index contributed by atoms with van der Waals surface area (Å²) in [5, 5.41) is 15.8. The SMILES string of the molecule is CC(C)(CO)Nc1ccc(C(=O)Nc2ccc(F)c(N3CCOCC3)n2)c(N2CCC3(CC2)CC3)n1. The highest BCUT2D eigenvalue weighted by atomic mass is 19.1. The average molecular weight is 499 g/mol. The summed E-state index contributed by atoms with van der Waals surface area (Å²) in [5.41, 5.74) is 0.372. The Morgan fingerprint density at radius 3 is 2.31 bits per heavy atom. The minimum atomic E-state index is -0.554. The molecule has 1 amide bonds. The number of piperidine rings is 1. The quantitative estimate of drug-likeness (QED) is 0.535. The molecule has 0 atom stereocenters. The van der Waals surface area contributed by atoms with Crippen LogP contribution < -0.4 is 20.4 Å². The number of anilines is 4. The molecule has 2 aromatic rings. The highest BCUT2D eigenvalue weighted by molar-refractivity contribution is 6.07. The number of morpholine rings is 1. The molecule has 5 rings (SSSR count). The second-order valence-electron chi connectivity index (χ2n) is 10.8. The van der Waals surface area contributed by atoms with Crippen molar-refractivity contribution in [2.24, 2.45) is 5.41 Å². The van der Waals surface area contributed by atoms with Crippen molar-refractivity contribution in [1.29, 1.82) is 0 Å². The minimum absolute atomic E-state index is 0.0554. The summed E-state index contributed by atoms with van der Waals surface area (Å²) in [7, 11) is 0. The number of carbonyl (C=O) groups excluding carboxylic acids is 1. The molecule has 3 aliphatic rings. The first-order valence-electron chi connectivity index (χ1n) is 12.7. The molecule has 10 heteroatoms. The van der Waals surface area contributed by atoms with Crippen LogP contribution in [0.3, 0.4) is 0 Å². The van der Waals surface area contributed by atoms with Crippen LogP contribution in [0.25, 0.3) is 0 Å². The molecule has 194 valence electrons. The Morgan fingerprint density at radius 1 is 1.00 bits per heavy atom. The number of aliphatic hydroxyl groups is 1. The Kier molecular flexibility index (Phi) is 6.74. The van der Waals surface area contributed by atoms with E-state index >= 15 is 0 Å². The second kappa shape index (κ2) is 9.82. The monoisotopic (exact) mass is 498 g/mol. The molecule has 36 heavy (non-hydrogen) atoms. The van der Waals surface area contributed by atoms with Crippen molar-refractivity contribution in [3.8, 4) is 0 Å². The predicted octanol–water partition coefficient (Wildman–Crippen LogP) is 3.27. The van der Waals surface area contributed by atoms with Gasteiger partial charge in [0, 0.05) is 26.2 Å². The molecular weight excluding hydrogens is 463 g/mol. The van der Waals surface area contributed by atoms with Gasteiger partial charge in [0.2, 0.25) is 0 Å². The van der Waals surface area contributed by atoms with E-state index in [4.69, 9.17) is 9.72 Å². The number of halogens is 1. The maximum absolute atomic E-state index is 14.5. The van der Waals surface area contributed by atoms with Gasteiger partial charge in [-0.05, 0) is 69.2 Å². The van der Waals surface area contributed by atoms with Crippen molar-refractivity contribution in [2.75, 3.05) is 66.4 Å². The van der Waals surface area contributed by atoms with E-state index < -0.39 is 11.4 Å². The van der Waals surface area contributed by atoms with Crippen molar-refractivity contribution >= 4 is 29.2 Å². The van der Waals surface area contributed by atoms with E-state index in [2.05, 4.69) is 20.5 Å². The summed E-state index contributed by atoms with van der Waals surface area (Å²) in [5.74, 6) is 0.934. The van der Waals surface area contributed by atoms with Gasteiger partial charge in [-0.3, -0.25) is 4.79 Å². The molecule has 0 aromatic carbocycles. The Hall–Kier alpha value is -2.98. The van der Waals surface area contributed by atoms with Crippen molar-refractivity contribution in [3.05, 3.63) is 35.6 Å². The molecule has 0 unspecified atom stereocenters. The summed E-state index contributed by atoms with van der Waals surface area (Å²) < 4.78 is 19.9. The lowest BCUT2D eigenvalue weighted by Crippen LogP contribution is -2.38. The Labute approximate surface area is 211 Å². The first-order valence-corrected chi connectivity index (χ1v) is 12.7. The van der Waals surface area contributed by atoms with E-state index in [0.717, 1.165) is 25.9 Å². The van der Waals surface area contributed by atoms with E-state index in [0.29, 0.717) is 48.9 Å². The number of ether oxygens (including phenoxy) is 1. The molecule has 1 aliphatic carbocycles. The third kappa shape index (κ3) is 5.39. The molecule has 4 heterocycles. The minimum Gasteiger partial charge on any atom is -0.394 e. The van der Waals surface area contributed by atoms with Gasteiger partial charge < -0.3 is 30.3 Å². The zero-order valence-electron chi connectivity index (χ0n) is 21.0. The van der Waals surface area contributed by atoms with E-state index in [-0.39, 0.29) is 24.1 Å². The van der Waals surface area contributed by atoms with Crippen LogP contribution in [0.1, 0.15) is 49.9 Å². The van der Waals surface area contributed by atoms with Gasteiger partial charge in [0.25, 0.3) is 5.91 Å². The fourth-order valence-corrected chi connectivity index (χ4v) is 4.87. The number of aliphatic hydroxyl groups excluding tert-OH is 1. The highest BCUT2D eigenvalue weighted by Crippen LogP contribution is 2.54. The standard InChI is InChI=1S/C26H35FN6O3/c1-25(2,17-34)31-21-5-3-18(22(29-21)32-11-9-26(7-8-26)10-12-32)24(35)30-20-6-4-19(27)23(28-20)33-13-15-36-16-14-33/h3-6,34H,7-17H2,1-2H3,(H,29,31)(H,28,30,35). The Morgan fingerprint density at radius 2 is 1.64 bits per heavy atom. The van der Waals surface area contributed by atoms with Crippen LogP contribution in [-0.4, -0.2) is 72.5 Å². The molecule has 1 saturated carbocycles. The summed E-state index contributed by atoms with van der Waals surface area (Å²) in [6, 6.07) is 6.30. The number of amides is 1. The predicted molar refractivity (Wildman–Crippen MR) is 137 cm³/mol. The molecule has 2 saturated heterocycles. The molecular formula is C26H35FN6O3. The molecule has 0 radical (unpaired) electrons. The molecule has 2 aliphatic heterocycles. The van der Waals surface area contributed by atoms with E-state index in [1.165, 1.54) is 25.0 Å². The molecule has 1 spiro atoms. The molecule has 3 N–H and O–H groups in total. The Bertz CT molecular complexity index is 1110. The first-order chi connectivity index (χ1) is 17.3. The van der Waals surface area contributed by atoms with Crippen molar-refractivity contribution in [2.45, 2.75) is 45.1 Å². The number of pyridine rings is 2. The van der Waals surface area contributed by atoms with Crippen molar-refractivity contribution < 1.29 is 19.0 Å². The average Bonchev–Trinajstić information content (AvgIpc) is 3.64. The van der Waals surface area contributed by atoms with Gasteiger partial charge in [0.05, 0.1) is 30.9 Å². The van der Waals surface area contributed by atoms with Crippen LogP contribution in [0.15, 0.2) is 24.3 Å². The van der Waals surface area contributed by atoms with Crippen LogP contribution in [0.2, 0.25) is 0 Å². The van der Waals surface area contributed by atoms with Crippen LogP contribution in [0, 0.1) is 11.2 Å². The van der Waals surface area contributed by atoms with Crippen LogP contribution in [0.4, 0.5) is 27.7 Å². The largest absolute Gasteiger partial charge is 0.394 e. The van der Waals surface area contributed by atoms with Gasteiger partial charge in [-0.2, -0.15) is 0 Å². The van der Waals surface area contributed by atoms with Gasteiger partial charge in [-0.25, -0.2) is 14.4 Å². The fourth-order valence-electron chi connectivity index (χ4n) is 4.87. The molecule has 0 bridgehead atoms. The highest BCUT2D eigenvalue weighted by Gasteiger charge is 2.45. The Balaban J connectivity index is 1.39. The van der Waals surface area contributed by atoms with Gasteiger partial charge in [0.15, 0.2) is 11.6 Å². The number of aromatic nitrogens is 2. The van der Waals surface area contributed by atoms with Gasteiger partial charge >= 0.3 is 0 Å². The van der Waals surface area contributed by atoms with Gasteiger partial charge in [-0.1, -0.05) is 0 Å². The van der Waals surface area contributed by atoms with Crippen molar-refractivity contribution in [3.63, 3.8) is 0 Å². The molecule has 2 aromatic heterocycles. The smallest absolute Gasteiger partial charge is 0.260 e. The van der Waals surface area contributed by atoms with Crippen LogP contribution >= 0.6 is 0 Å². The van der Waals surface area contributed by atoms with E-state index in [1.807, 2.05) is 18.7 Å². The molecule has 3 fully saturated rings. The van der Waals surface area contributed by atoms with Gasteiger partial charge in [0.1, 0.15) is 17.5 Å². The fraction of sp³-hybridized carbons (Fsp3) is 0.577. The topological polar surface area (TPSA) is 103 Å². The third-order valence-corrected chi connectivity index (χ3v) is 7.44. The molecule has 9 nitrogen and oxygen atoms in total. The van der Waals surface area contributed by atoms with Gasteiger partial charge in [-0.15, -0.1) is 0 Å². The third-order valence-electron chi connectivity index (χ3n) is 7.44. The normalized spacial score (nSPS) is 19.3. The maximum atomic E-state index is 14.5. The summed E-state index contributed by atoms with van der Waals surface area (Å²) in [6.45, 7) is 7.52. The number of rotatable bonds is 7. The number of carbonyl (C=O) groups is 1. The number of hydrogen-bond acceptors (Lipinski definition) is 8. The maximum Gasteiger partial charge on any atom is 0.260 e. The first kappa shape index (κ1) is 24.7. The summed E-state index contributed by atoms with van der Waals surface area (Å²) in [6.07, 6.45) is 4.77. The zero-order chi connectivity index (χ0) is 25.3. The summed E-state index contributed by atoms with van der Waals surface area (Å²) in [4.78, 5) is 26.6. The lowest BCUT2D eigenvalue weighted by molar-refractivity contribution is 0.102. The van der Waals surface area contributed by atoms with Crippen molar-refractivity contribution in [1.82, 2.24) is 9.97 Å². The lowest BCUT2D eigenvalue weighted by atomic mass is 9.93. The van der Waals surface area contributed by atoms with E-state index in [1.54, 1.807) is 12.1 Å². The second-order valence-corrected chi connectivity index (χ2v) is 10.8. The number of nitrogens with one attached hydrogen (secondary N) is 2. The van der Waals surface area contributed by atoms with Crippen LogP contribution in [0.5, 0.6) is 0 Å². The number of nitrogens with zero attached hydrogens (tertiary/aromatic N) is 4. The van der Waals surface area contributed by atoms with E-state index in [9.17, 15) is 14.3 Å². The van der Waals surface area contributed by atoms with Crippen LogP contribution in [-0.2, 0) is 4.74 Å². The lowest BCUT2D eigenvalue weighted by Gasteiger charge is -2.34.